The molecule has 0 aromatic carbocycles. The van der Waals surface area contributed by atoms with Gasteiger partial charge in [0.15, 0.2) is 0 Å². The van der Waals surface area contributed by atoms with Gasteiger partial charge in [0.2, 0.25) is 0 Å². The van der Waals surface area contributed by atoms with E-state index in [1.165, 1.54) is 0 Å². The molecule has 0 amide bonds. The molecule has 5 heteroatoms. The van der Waals surface area contributed by atoms with Crippen molar-refractivity contribution < 1.29 is 0 Å². The summed E-state index contributed by atoms with van der Waals surface area (Å²) in [7, 11) is 0. The highest BCUT2D eigenvalue weighted by Crippen LogP contribution is 2.25. The first-order valence-corrected chi connectivity index (χ1v) is 6.80. The number of thioether (sulfide) groups is 1. The number of nitrogens with zero attached hydrogens (tertiary/aromatic N) is 2. The van der Waals surface area contributed by atoms with Gasteiger partial charge in [-0.15, -0.1) is 11.8 Å². The maximum Gasteiger partial charge on any atom is 0.144 e. The molecule has 4 nitrogen and oxygen atoms in total. The first-order chi connectivity index (χ1) is 7.82. The van der Waals surface area contributed by atoms with Crippen LogP contribution in [0, 0.1) is 5.92 Å². The van der Waals surface area contributed by atoms with Gasteiger partial charge in [-0.3, -0.25) is 0 Å². The molecule has 0 atom stereocenters. The monoisotopic (exact) mass is 254 g/mol. The number of nitrogens with one attached hydrogen (secondary N) is 1. The van der Waals surface area contributed by atoms with Gasteiger partial charge >= 0.3 is 0 Å². The highest BCUT2D eigenvalue weighted by Gasteiger charge is 2.19. The molecule has 0 aliphatic heterocycles. The largest absolute Gasteiger partial charge is 0.308 e. The van der Waals surface area contributed by atoms with Crippen molar-refractivity contribution >= 4 is 17.6 Å². The molecular formula is C12H22N4S. The summed E-state index contributed by atoms with van der Waals surface area (Å²) in [5.74, 6) is 8.62. The number of hydrogen-bond acceptors (Lipinski definition) is 5. The van der Waals surface area contributed by atoms with Gasteiger partial charge in [0.05, 0.1) is 0 Å². The summed E-state index contributed by atoms with van der Waals surface area (Å²) in [5.41, 5.74) is 2.53. The summed E-state index contributed by atoms with van der Waals surface area (Å²) in [6, 6.07) is 1.89. The molecule has 0 bridgehead atoms. The van der Waals surface area contributed by atoms with Crippen molar-refractivity contribution in [3.63, 3.8) is 0 Å². The Bertz CT molecular complexity index is 371. The second-order valence-corrected chi connectivity index (χ2v) is 6.55. The number of hydrogen-bond donors (Lipinski definition) is 2. The van der Waals surface area contributed by atoms with Crippen LogP contribution in [0.15, 0.2) is 11.1 Å². The number of nitrogens with two attached hydrogens (primary N) is 1. The molecule has 0 saturated heterocycles. The van der Waals surface area contributed by atoms with Crippen LogP contribution in [0.5, 0.6) is 0 Å². The van der Waals surface area contributed by atoms with E-state index in [-0.39, 0.29) is 5.41 Å². The van der Waals surface area contributed by atoms with Crippen LogP contribution in [-0.4, -0.2) is 15.7 Å². The quantitative estimate of drug-likeness (QED) is 0.374. The molecule has 0 fully saturated rings. The van der Waals surface area contributed by atoms with Crippen LogP contribution in [-0.2, 0) is 5.41 Å². The Hall–Kier alpha value is -0.810. The van der Waals surface area contributed by atoms with Gasteiger partial charge in [0.1, 0.15) is 16.7 Å². The number of aromatic nitrogens is 2. The zero-order chi connectivity index (χ0) is 13.1. The third kappa shape index (κ3) is 4.52. The molecule has 0 aliphatic rings. The maximum absolute atomic E-state index is 5.44. The van der Waals surface area contributed by atoms with Gasteiger partial charge in [0, 0.05) is 17.2 Å². The van der Waals surface area contributed by atoms with Crippen molar-refractivity contribution in [1.29, 1.82) is 0 Å². The van der Waals surface area contributed by atoms with E-state index in [4.69, 9.17) is 5.84 Å². The molecule has 0 aliphatic carbocycles. The Kier molecular flexibility index (Phi) is 4.77. The molecule has 0 unspecified atom stereocenters. The highest BCUT2D eigenvalue weighted by atomic mass is 32.2. The Morgan fingerprint density at radius 2 is 2.00 bits per heavy atom. The number of hydrazine groups is 1. The van der Waals surface area contributed by atoms with E-state index in [1.54, 1.807) is 11.8 Å². The topological polar surface area (TPSA) is 63.8 Å². The van der Waals surface area contributed by atoms with E-state index in [0.717, 1.165) is 16.6 Å². The minimum Gasteiger partial charge on any atom is -0.308 e. The summed E-state index contributed by atoms with van der Waals surface area (Å²) in [6.07, 6.45) is 0. The van der Waals surface area contributed by atoms with Crippen molar-refractivity contribution in [2.45, 2.75) is 45.1 Å². The minimum absolute atomic E-state index is 0.0694. The summed E-state index contributed by atoms with van der Waals surface area (Å²) in [5, 5.41) is 0.978. The third-order valence-electron chi connectivity index (χ3n) is 2.09. The third-order valence-corrected chi connectivity index (χ3v) is 3.42. The Labute approximate surface area is 108 Å². The van der Waals surface area contributed by atoms with E-state index < -0.39 is 0 Å². The van der Waals surface area contributed by atoms with Crippen molar-refractivity contribution in [2.75, 3.05) is 11.2 Å². The van der Waals surface area contributed by atoms with Crippen molar-refractivity contribution in [2.24, 2.45) is 11.8 Å². The van der Waals surface area contributed by atoms with E-state index in [0.29, 0.717) is 11.7 Å². The predicted molar refractivity (Wildman–Crippen MR) is 74.1 cm³/mol. The lowest BCUT2D eigenvalue weighted by Crippen LogP contribution is -2.19. The van der Waals surface area contributed by atoms with E-state index in [1.807, 2.05) is 6.07 Å². The molecular weight excluding hydrogens is 232 g/mol. The van der Waals surface area contributed by atoms with Crippen LogP contribution in [0.4, 0.5) is 5.82 Å². The minimum atomic E-state index is -0.0694. The lowest BCUT2D eigenvalue weighted by atomic mass is 9.96. The molecule has 17 heavy (non-hydrogen) atoms. The fraction of sp³-hybridized carbons (Fsp3) is 0.667. The van der Waals surface area contributed by atoms with Crippen LogP contribution in [0.3, 0.4) is 0 Å². The van der Waals surface area contributed by atoms with Crippen LogP contribution < -0.4 is 11.3 Å². The van der Waals surface area contributed by atoms with Gasteiger partial charge in [-0.05, 0) is 5.92 Å². The molecule has 1 heterocycles. The average molecular weight is 254 g/mol. The van der Waals surface area contributed by atoms with Crippen molar-refractivity contribution in [3.8, 4) is 0 Å². The standard InChI is InChI=1S/C12H22N4S/c1-8(2)7-17-10-6-9(16-13)14-11(15-10)12(3,4)5/h6,8H,7,13H2,1-5H3,(H,14,15,16). The Morgan fingerprint density at radius 1 is 1.35 bits per heavy atom. The molecule has 0 spiro atoms. The second kappa shape index (κ2) is 5.69. The fourth-order valence-corrected chi connectivity index (χ4v) is 2.01. The van der Waals surface area contributed by atoms with Crippen LogP contribution in [0.1, 0.15) is 40.4 Å². The molecule has 1 rings (SSSR count). The lowest BCUT2D eigenvalue weighted by Gasteiger charge is -2.18. The number of nitrogen functional groups attached to an aromatic ring is 1. The van der Waals surface area contributed by atoms with Crippen molar-refractivity contribution in [3.05, 3.63) is 11.9 Å². The Morgan fingerprint density at radius 3 is 2.47 bits per heavy atom. The van der Waals surface area contributed by atoms with Gasteiger partial charge in [-0.25, -0.2) is 15.8 Å². The zero-order valence-corrected chi connectivity index (χ0v) is 12.1. The average Bonchev–Trinajstić information content (AvgIpc) is 2.24. The lowest BCUT2D eigenvalue weighted by molar-refractivity contribution is 0.539. The van der Waals surface area contributed by atoms with Gasteiger partial charge < -0.3 is 5.43 Å². The first kappa shape index (κ1) is 14.3. The smallest absolute Gasteiger partial charge is 0.144 e. The van der Waals surface area contributed by atoms with Gasteiger partial charge in [-0.1, -0.05) is 34.6 Å². The maximum atomic E-state index is 5.44. The molecule has 3 N–H and O–H groups in total. The Balaban J connectivity index is 2.97. The van der Waals surface area contributed by atoms with E-state index >= 15 is 0 Å². The first-order valence-electron chi connectivity index (χ1n) is 5.82. The number of anilines is 1. The molecule has 96 valence electrons. The summed E-state index contributed by atoms with van der Waals surface area (Å²) in [6.45, 7) is 10.7. The van der Waals surface area contributed by atoms with E-state index in [9.17, 15) is 0 Å². The van der Waals surface area contributed by atoms with Crippen LogP contribution >= 0.6 is 11.8 Å². The zero-order valence-electron chi connectivity index (χ0n) is 11.2. The predicted octanol–water partition coefficient (Wildman–Crippen LogP) is 2.81. The van der Waals surface area contributed by atoms with Crippen LogP contribution in [0.2, 0.25) is 0 Å². The fourth-order valence-electron chi connectivity index (χ4n) is 1.16. The highest BCUT2D eigenvalue weighted by molar-refractivity contribution is 7.99. The summed E-state index contributed by atoms with van der Waals surface area (Å²) < 4.78 is 0. The molecule has 1 aromatic rings. The summed E-state index contributed by atoms with van der Waals surface area (Å²) >= 11 is 1.74. The second-order valence-electron chi connectivity index (χ2n) is 5.51. The molecule has 0 radical (unpaired) electrons. The van der Waals surface area contributed by atoms with Crippen LogP contribution in [0.25, 0.3) is 0 Å². The SMILES string of the molecule is CC(C)CSc1cc(NN)nc(C(C)(C)C)n1. The van der Waals surface area contributed by atoms with E-state index in [2.05, 4.69) is 50.0 Å². The van der Waals surface area contributed by atoms with Crippen molar-refractivity contribution in [1.82, 2.24) is 9.97 Å². The molecule has 0 saturated carbocycles. The normalized spacial score (nSPS) is 11.9. The van der Waals surface area contributed by atoms with Gasteiger partial charge in [-0.2, -0.15) is 0 Å². The molecule has 1 aromatic heterocycles. The number of rotatable bonds is 4. The summed E-state index contributed by atoms with van der Waals surface area (Å²) in [4.78, 5) is 8.97. The van der Waals surface area contributed by atoms with Gasteiger partial charge in [0.25, 0.3) is 0 Å².